The molecule has 0 aliphatic carbocycles. The van der Waals surface area contributed by atoms with E-state index in [0.717, 1.165) is 25.1 Å². The van der Waals surface area contributed by atoms with Crippen molar-refractivity contribution in [3.63, 3.8) is 0 Å². The zero-order chi connectivity index (χ0) is 19.9. The van der Waals surface area contributed by atoms with Crippen molar-refractivity contribution in [1.29, 1.82) is 0 Å². The van der Waals surface area contributed by atoms with E-state index in [2.05, 4.69) is 24.3 Å². The molecule has 28 heavy (non-hydrogen) atoms. The minimum absolute atomic E-state index is 0.293. The van der Waals surface area contributed by atoms with Crippen molar-refractivity contribution in [2.75, 3.05) is 41.0 Å². The first-order valence-electron chi connectivity index (χ1n) is 9.59. The summed E-state index contributed by atoms with van der Waals surface area (Å²) in [4.78, 5) is 1.39. The van der Waals surface area contributed by atoms with Gasteiger partial charge in [0.15, 0.2) is 11.5 Å². The Balaban J connectivity index is 1.50. The van der Waals surface area contributed by atoms with Gasteiger partial charge in [0.2, 0.25) is 5.75 Å². The maximum Gasteiger partial charge on any atom is 0.203 e. The van der Waals surface area contributed by atoms with Crippen molar-refractivity contribution in [3.05, 3.63) is 53.1 Å². The first-order chi connectivity index (χ1) is 13.6. The van der Waals surface area contributed by atoms with Gasteiger partial charge in [0.25, 0.3) is 0 Å². The maximum absolute atomic E-state index is 10.4. The number of aliphatic hydroxyl groups excluding tert-OH is 1. The molecule has 0 saturated heterocycles. The molecule has 0 saturated carbocycles. The minimum Gasteiger partial charge on any atom is -0.493 e. The topological polar surface area (TPSA) is 61.6 Å². The van der Waals surface area contributed by atoms with Crippen LogP contribution in [0.25, 0.3) is 0 Å². The van der Waals surface area contributed by atoms with Crippen LogP contribution in [0.15, 0.2) is 36.4 Å². The van der Waals surface area contributed by atoms with Gasteiger partial charge in [0.1, 0.15) is 19.2 Å². The van der Waals surface area contributed by atoms with E-state index < -0.39 is 6.10 Å². The quantitative estimate of drug-likeness (QED) is 0.677. The van der Waals surface area contributed by atoms with E-state index >= 15 is 0 Å². The molecule has 1 unspecified atom stereocenters. The third kappa shape index (κ3) is 4.95. The molecule has 0 amide bonds. The molecule has 1 aliphatic heterocycles. The lowest BCUT2D eigenvalue weighted by atomic mass is 10.00. The summed E-state index contributed by atoms with van der Waals surface area (Å²) in [7, 11) is 4.75. The predicted octanol–water partition coefficient (Wildman–Crippen LogP) is 1.23. The molecule has 2 aromatic carbocycles. The molecule has 2 N–H and O–H groups in total. The summed E-state index contributed by atoms with van der Waals surface area (Å²) in [5.74, 6) is 1.75. The van der Waals surface area contributed by atoms with Gasteiger partial charge in [-0.25, -0.2) is 0 Å². The number of methoxy groups -OCH3 is 3. The number of ether oxygens (including phenoxy) is 4. The predicted molar refractivity (Wildman–Crippen MR) is 106 cm³/mol. The van der Waals surface area contributed by atoms with Crippen LogP contribution in [0.5, 0.6) is 17.2 Å². The van der Waals surface area contributed by atoms with Crippen LogP contribution < -0.4 is 19.1 Å². The Morgan fingerprint density at radius 3 is 2.32 bits per heavy atom. The third-order valence-corrected chi connectivity index (χ3v) is 5.13. The van der Waals surface area contributed by atoms with Crippen LogP contribution >= 0.6 is 0 Å². The zero-order valence-corrected chi connectivity index (χ0v) is 16.9. The molecule has 0 radical (unpaired) electrons. The molecule has 0 bridgehead atoms. The normalized spacial score (nSPS) is 16.9. The molecule has 3 rings (SSSR count). The molecular weight excluding hydrogens is 358 g/mol. The summed E-state index contributed by atoms with van der Waals surface area (Å²) in [6.45, 7) is 3.35. The summed E-state index contributed by atoms with van der Waals surface area (Å²) in [5, 5.41) is 10.4. The Labute approximate surface area is 166 Å². The average Bonchev–Trinajstić information content (AvgIpc) is 2.72. The van der Waals surface area contributed by atoms with Gasteiger partial charge in [-0.15, -0.1) is 0 Å². The lowest BCUT2D eigenvalue weighted by molar-refractivity contribution is -0.919. The highest BCUT2D eigenvalue weighted by molar-refractivity contribution is 5.53. The highest BCUT2D eigenvalue weighted by Crippen LogP contribution is 2.38. The first kappa shape index (κ1) is 20.5. The maximum atomic E-state index is 10.4. The number of fused-ring (bicyclic) bond motifs is 1. The molecule has 1 heterocycles. The zero-order valence-electron chi connectivity index (χ0n) is 16.9. The van der Waals surface area contributed by atoms with E-state index in [4.69, 9.17) is 18.9 Å². The van der Waals surface area contributed by atoms with Crippen molar-refractivity contribution in [2.24, 2.45) is 0 Å². The second-order valence-electron chi connectivity index (χ2n) is 7.10. The van der Waals surface area contributed by atoms with E-state index in [1.165, 1.54) is 16.0 Å². The van der Waals surface area contributed by atoms with Gasteiger partial charge in [-0.1, -0.05) is 24.3 Å². The van der Waals surface area contributed by atoms with Crippen LogP contribution in [0.1, 0.15) is 16.7 Å². The molecule has 0 fully saturated rings. The van der Waals surface area contributed by atoms with E-state index in [1.54, 1.807) is 21.3 Å². The van der Waals surface area contributed by atoms with Gasteiger partial charge < -0.3 is 29.0 Å². The summed E-state index contributed by atoms with van der Waals surface area (Å²) in [5.41, 5.74) is 3.72. The SMILES string of the molecule is COc1cc(COC[C@H](O)C[NH+]2CCc3ccccc3C2)cc(OC)c1OC. The Kier molecular flexibility index (Phi) is 7.14. The summed E-state index contributed by atoms with van der Waals surface area (Å²) < 4.78 is 21.8. The fourth-order valence-electron chi connectivity index (χ4n) is 3.74. The standard InChI is InChI=1S/C22H29NO5/c1-25-20-10-16(11-21(26-2)22(20)27-3)14-28-15-19(24)13-23-9-8-17-6-4-5-7-18(17)12-23/h4-7,10-11,19,24H,8-9,12-15H2,1-3H3/p+1/t19-/m1/s1. The van der Waals surface area contributed by atoms with Crippen LogP contribution in [0.4, 0.5) is 0 Å². The first-order valence-corrected chi connectivity index (χ1v) is 9.59. The van der Waals surface area contributed by atoms with Crippen LogP contribution in [0.2, 0.25) is 0 Å². The molecule has 1 aliphatic rings. The number of quaternary nitrogens is 1. The largest absolute Gasteiger partial charge is 0.493 e. The fourth-order valence-corrected chi connectivity index (χ4v) is 3.74. The summed E-state index contributed by atoms with van der Waals surface area (Å²) in [6.07, 6.45) is 0.562. The van der Waals surface area contributed by atoms with Gasteiger partial charge in [0.05, 0.1) is 41.1 Å². The van der Waals surface area contributed by atoms with Gasteiger partial charge in [0, 0.05) is 12.0 Å². The van der Waals surface area contributed by atoms with E-state index in [0.29, 0.717) is 37.0 Å². The minimum atomic E-state index is -0.498. The van der Waals surface area contributed by atoms with Crippen molar-refractivity contribution in [3.8, 4) is 17.2 Å². The van der Waals surface area contributed by atoms with E-state index in [-0.39, 0.29) is 0 Å². The van der Waals surface area contributed by atoms with Gasteiger partial charge in [-0.3, -0.25) is 0 Å². The molecule has 2 atom stereocenters. The summed E-state index contributed by atoms with van der Waals surface area (Å²) >= 11 is 0. The number of hydrogen-bond donors (Lipinski definition) is 2. The van der Waals surface area contributed by atoms with Gasteiger partial charge in [-0.2, -0.15) is 0 Å². The van der Waals surface area contributed by atoms with Gasteiger partial charge in [-0.05, 0) is 23.3 Å². The van der Waals surface area contributed by atoms with Crippen LogP contribution in [-0.4, -0.2) is 52.2 Å². The van der Waals surface area contributed by atoms with Crippen molar-refractivity contribution in [2.45, 2.75) is 25.7 Å². The molecule has 152 valence electrons. The van der Waals surface area contributed by atoms with Crippen LogP contribution in [0, 0.1) is 0 Å². The average molecular weight is 388 g/mol. The van der Waals surface area contributed by atoms with Crippen molar-refractivity contribution < 1.29 is 29.0 Å². The highest BCUT2D eigenvalue weighted by Gasteiger charge is 2.22. The lowest BCUT2D eigenvalue weighted by Gasteiger charge is -2.27. The highest BCUT2D eigenvalue weighted by atomic mass is 16.5. The molecule has 0 spiro atoms. The molecule has 6 nitrogen and oxygen atoms in total. The lowest BCUT2D eigenvalue weighted by Crippen LogP contribution is -3.12. The van der Waals surface area contributed by atoms with Crippen molar-refractivity contribution in [1.82, 2.24) is 0 Å². The Hall–Kier alpha value is -2.28. The second kappa shape index (κ2) is 9.78. The smallest absolute Gasteiger partial charge is 0.203 e. The Morgan fingerprint density at radius 1 is 1.00 bits per heavy atom. The monoisotopic (exact) mass is 388 g/mol. The number of rotatable bonds is 9. The molecule has 0 aromatic heterocycles. The van der Waals surface area contributed by atoms with E-state index in [1.807, 2.05) is 12.1 Å². The Morgan fingerprint density at radius 2 is 1.68 bits per heavy atom. The number of nitrogens with one attached hydrogen (secondary N) is 1. The Bertz CT molecular complexity index is 754. The second-order valence-corrected chi connectivity index (χ2v) is 7.10. The molecular formula is C22H30NO5+. The third-order valence-electron chi connectivity index (χ3n) is 5.13. The van der Waals surface area contributed by atoms with E-state index in [9.17, 15) is 5.11 Å². The summed E-state index contributed by atoms with van der Waals surface area (Å²) in [6, 6.07) is 12.3. The van der Waals surface area contributed by atoms with Crippen LogP contribution in [-0.2, 0) is 24.3 Å². The fraction of sp³-hybridized carbons (Fsp3) is 0.455. The number of hydrogen-bond acceptors (Lipinski definition) is 5. The molecule has 6 heteroatoms. The number of benzene rings is 2. The van der Waals surface area contributed by atoms with Crippen LogP contribution in [0.3, 0.4) is 0 Å². The van der Waals surface area contributed by atoms with Gasteiger partial charge >= 0.3 is 0 Å². The molecule has 2 aromatic rings. The number of aliphatic hydroxyl groups is 1. The van der Waals surface area contributed by atoms with Crippen molar-refractivity contribution >= 4 is 0 Å².